The Morgan fingerprint density at radius 3 is 2.42 bits per heavy atom. The van der Waals surface area contributed by atoms with Gasteiger partial charge in [-0.25, -0.2) is 9.79 Å². The number of benzene rings is 4. The Labute approximate surface area is 312 Å². The highest BCUT2D eigenvalue weighted by Gasteiger charge is 2.35. The number of esters is 1. The SMILES string of the molecule is CCOC(=O)C1=C(c2ccccc2)N=c2s/c(=C\c3cc(Br)c(OCc4ccc(Cl)c(Cl)c4)c(OC)c3)c(=O)n2[C@H]1c1ccc(C(C)C)cc1. The second-order valence-corrected chi connectivity index (χ2v) is 14.5. The fourth-order valence-corrected chi connectivity index (χ4v) is 7.61. The number of nitrogens with zero attached hydrogens (tertiary/aromatic N) is 2. The van der Waals surface area contributed by atoms with Gasteiger partial charge in [0.15, 0.2) is 16.3 Å². The lowest BCUT2D eigenvalue weighted by atomic mass is 9.91. The van der Waals surface area contributed by atoms with Gasteiger partial charge in [0.05, 0.1) is 50.1 Å². The van der Waals surface area contributed by atoms with E-state index in [9.17, 15) is 9.59 Å². The van der Waals surface area contributed by atoms with Crippen LogP contribution in [0.2, 0.25) is 10.0 Å². The zero-order chi connectivity index (χ0) is 35.5. The topological polar surface area (TPSA) is 79.1 Å². The lowest BCUT2D eigenvalue weighted by molar-refractivity contribution is -0.138. The fourth-order valence-electron chi connectivity index (χ4n) is 5.72. The molecule has 0 unspecified atom stereocenters. The Bertz CT molecular complexity index is 2280. The maximum atomic E-state index is 14.4. The zero-order valence-electron chi connectivity index (χ0n) is 27.7. The summed E-state index contributed by atoms with van der Waals surface area (Å²) < 4.78 is 20.1. The van der Waals surface area contributed by atoms with Crippen molar-refractivity contribution >= 4 is 68.2 Å². The van der Waals surface area contributed by atoms with E-state index < -0.39 is 12.0 Å². The third kappa shape index (κ3) is 7.32. The van der Waals surface area contributed by atoms with Crippen molar-refractivity contribution in [1.29, 1.82) is 0 Å². The predicted molar refractivity (Wildman–Crippen MR) is 203 cm³/mol. The van der Waals surface area contributed by atoms with Gasteiger partial charge < -0.3 is 14.2 Å². The van der Waals surface area contributed by atoms with Crippen molar-refractivity contribution < 1.29 is 19.0 Å². The molecular formula is C39H33BrCl2N2O5S. The van der Waals surface area contributed by atoms with Gasteiger partial charge in [-0.1, -0.05) is 109 Å². The molecule has 5 aromatic rings. The van der Waals surface area contributed by atoms with E-state index in [4.69, 9.17) is 42.4 Å². The highest BCUT2D eigenvalue weighted by atomic mass is 79.9. The van der Waals surface area contributed by atoms with Crippen LogP contribution in [0.3, 0.4) is 0 Å². The first-order valence-electron chi connectivity index (χ1n) is 15.9. The van der Waals surface area contributed by atoms with Gasteiger partial charge in [-0.2, -0.15) is 0 Å². The summed E-state index contributed by atoms with van der Waals surface area (Å²) in [6, 6.07) is 25.7. The molecule has 2 heterocycles. The van der Waals surface area contributed by atoms with Gasteiger partial charge in [0.25, 0.3) is 5.56 Å². The average Bonchev–Trinajstić information content (AvgIpc) is 3.42. The van der Waals surface area contributed by atoms with Crippen molar-refractivity contribution in [1.82, 2.24) is 4.57 Å². The Morgan fingerprint density at radius 1 is 1.02 bits per heavy atom. The summed E-state index contributed by atoms with van der Waals surface area (Å²) >= 11 is 17.1. The number of ether oxygens (including phenoxy) is 3. The predicted octanol–water partition coefficient (Wildman–Crippen LogP) is 8.72. The monoisotopic (exact) mass is 790 g/mol. The highest BCUT2D eigenvalue weighted by Crippen LogP contribution is 2.38. The number of carbonyl (C=O) groups excluding carboxylic acids is 1. The summed E-state index contributed by atoms with van der Waals surface area (Å²) in [4.78, 5) is 33.6. The molecule has 0 amide bonds. The van der Waals surface area contributed by atoms with Crippen molar-refractivity contribution in [3.05, 3.63) is 153 Å². The number of carbonyl (C=O) groups is 1. The van der Waals surface area contributed by atoms with Crippen molar-refractivity contribution in [2.24, 2.45) is 4.99 Å². The highest BCUT2D eigenvalue weighted by molar-refractivity contribution is 9.10. The maximum absolute atomic E-state index is 14.4. The number of aromatic nitrogens is 1. The molecular weight excluding hydrogens is 759 g/mol. The third-order valence-electron chi connectivity index (χ3n) is 8.21. The average molecular weight is 793 g/mol. The molecule has 50 heavy (non-hydrogen) atoms. The van der Waals surface area contributed by atoms with E-state index in [0.29, 0.717) is 58.1 Å². The number of hydrogen-bond acceptors (Lipinski definition) is 7. The van der Waals surface area contributed by atoms with Gasteiger partial charge in [0, 0.05) is 5.56 Å². The molecule has 6 rings (SSSR count). The van der Waals surface area contributed by atoms with E-state index in [1.807, 2.05) is 66.7 Å². The summed E-state index contributed by atoms with van der Waals surface area (Å²) in [6.07, 6.45) is 1.79. The molecule has 1 atom stereocenters. The van der Waals surface area contributed by atoms with Crippen molar-refractivity contribution in [2.75, 3.05) is 13.7 Å². The van der Waals surface area contributed by atoms with Crippen LogP contribution >= 0.6 is 50.5 Å². The third-order valence-corrected chi connectivity index (χ3v) is 10.5. The summed E-state index contributed by atoms with van der Waals surface area (Å²) in [5.41, 5.74) is 4.72. The van der Waals surface area contributed by atoms with Gasteiger partial charge in [0.1, 0.15) is 6.61 Å². The van der Waals surface area contributed by atoms with Gasteiger partial charge in [-0.05, 0) is 81.4 Å². The Hall–Kier alpha value is -4.15. The van der Waals surface area contributed by atoms with Crippen LogP contribution in [-0.2, 0) is 16.1 Å². The molecule has 0 fully saturated rings. The van der Waals surface area contributed by atoms with Crippen molar-refractivity contribution in [2.45, 2.75) is 39.3 Å². The lowest BCUT2D eigenvalue weighted by Gasteiger charge is -2.26. The van der Waals surface area contributed by atoms with Crippen LogP contribution in [0.1, 0.15) is 60.5 Å². The molecule has 0 saturated heterocycles. The Kier molecular flexibility index (Phi) is 11.0. The van der Waals surface area contributed by atoms with Gasteiger partial charge in [-0.3, -0.25) is 9.36 Å². The Balaban J connectivity index is 1.48. The molecule has 1 aliphatic heterocycles. The fraction of sp³-hybridized carbons (Fsp3) is 0.205. The molecule has 0 spiro atoms. The zero-order valence-corrected chi connectivity index (χ0v) is 31.6. The van der Waals surface area contributed by atoms with E-state index in [2.05, 4.69) is 29.8 Å². The Morgan fingerprint density at radius 2 is 1.76 bits per heavy atom. The molecule has 0 aliphatic carbocycles. The van der Waals surface area contributed by atoms with Gasteiger partial charge in [0.2, 0.25) is 0 Å². The molecule has 0 radical (unpaired) electrons. The molecule has 4 aromatic carbocycles. The first kappa shape index (κ1) is 35.7. The summed E-state index contributed by atoms with van der Waals surface area (Å²) in [5, 5.41) is 0.906. The molecule has 11 heteroatoms. The van der Waals surface area contributed by atoms with Crippen LogP contribution in [0, 0.1) is 0 Å². The van der Waals surface area contributed by atoms with Crippen LogP contribution in [-0.4, -0.2) is 24.3 Å². The van der Waals surface area contributed by atoms with E-state index in [1.165, 1.54) is 11.3 Å². The first-order chi connectivity index (χ1) is 24.1. The van der Waals surface area contributed by atoms with Crippen molar-refractivity contribution in [3.63, 3.8) is 0 Å². The summed E-state index contributed by atoms with van der Waals surface area (Å²) in [6.45, 7) is 6.42. The number of hydrogen-bond donors (Lipinski definition) is 0. The molecule has 0 N–H and O–H groups in total. The van der Waals surface area contributed by atoms with Crippen LogP contribution in [0.15, 0.2) is 105 Å². The first-order valence-corrected chi connectivity index (χ1v) is 18.3. The van der Waals surface area contributed by atoms with Crippen LogP contribution in [0.5, 0.6) is 11.5 Å². The number of methoxy groups -OCH3 is 1. The van der Waals surface area contributed by atoms with E-state index >= 15 is 0 Å². The molecule has 0 saturated carbocycles. The molecule has 1 aromatic heterocycles. The van der Waals surface area contributed by atoms with Gasteiger partial charge in [-0.15, -0.1) is 0 Å². The van der Waals surface area contributed by atoms with E-state index in [0.717, 1.165) is 22.3 Å². The molecule has 1 aliphatic rings. The summed E-state index contributed by atoms with van der Waals surface area (Å²) in [7, 11) is 1.55. The second kappa shape index (κ2) is 15.4. The second-order valence-electron chi connectivity index (χ2n) is 11.8. The maximum Gasteiger partial charge on any atom is 0.338 e. The molecule has 7 nitrogen and oxygen atoms in total. The number of fused-ring (bicyclic) bond motifs is 1. The lowest BCUT2D eigenvalue weighted by Crippen LogP contribution is -2.40. The molecule has 256 valence electrons. The molecule has 0 bridgehead atoms. The normalized spacial score (nSPS) is 14.4. The van der Waals surface area contributed by atoms with Crippen LogP contribution in [0.4, 0.5) is 0 Å². The minimum absolute atomic E-state index is 0.178. The van der Waals surface area contributed by atoms with Crippen LogP contribution in [0.25, 0.3) is 11.8 Å². The number of thiazole rings is 1. The van der Waals surface area contributed by atoms with Crippen LogP contribution < -0.4 is 24.4 Å². The van der Waals surface area contributed by atoms with E-state index in [1.54, 1.807) is 42.9 Å². The minimum atomic E-state index is -0.762. The minimum Gasteiger partial charge on any atom is -0.493 e. The standard InChI is InChI=1S/C39H33BrCl2N2O5S/c1-5-48-38(46)33-34(26-9-7-6-8-10-26)43-39-44(35(33)27-14-12-25(13-15-27)22(2)3)37(45)32(50-39)20-24-17-28(40)36(31(19-24)47-4)49-21-23-11-16-29(41)30(42)18-23/h6-20,22,35H,5,21H2,1-4H3/b32-20-/t35-/m0/s1. The van der Waals surface area contributed by atoms with E-state index in [-0.39, 0.29) is 18.8 Å². The largest absolute Gasteiger partial charge is 0.493 e. The van der Waals surface area contributed by atoms with Gasteiger partial charge >= 0.3 is 5.97 Å². The quantitative estimate of drug-likeness (QED) is 0.132. The summed E-state index contributed by atoms with van der Waals surface area (Å²) in [5.74, 6) is 0.758. The van der Waals surface area contributed by atoms with Crippen molar-refractivity contribution in [3.8, 4) is 11.5 Å². The number of halogens is 3. The number of rotatable bonds is 10. The smallest absolute Gasteiger partial charge is 0.338 e.